The molecule has 2 spiro atoms. The Balaban J connectivity index is 2.03. The normalized spacial score (nSPS) is 51.7. The van der Waals surface area contributed by atoms with Gasteiger partial charge in [-0.1, -0.05) is 24.3 Å². The number of nitrogens with one attached hydrogen (secondary N) is 2. The molecule has 94 valence electrons. The van der Waals surface area contributed by atoms with Crippen LogP contribution in [0.5, 0.6) is 0 Å². The van der Waals surface area contributed by atoms with Gasteiger partial charge in [-0.25, -0.2) is 0 Å². The van der Waals surface area contributed by atoms with E-state index in [0.29, 0.717) is 12.8 Å². The Bertz CT molecular complexity index is 526. The highest BCUT2D eigenvalue weighted by molar-refractivity contribution is 5.96. The minimum atomic E-state index is -1.04. The maximum Gasteiger partial charge on any atom is 0.235 e. The lowest BCUT2D eigenvalue weighted by atomic mass is 9.63. The van der Waals surface area contributed by atoms with E-state index >= 15 is 0 Å². The Labute approximate surface area is 104 Å². The minimum Gasteiger partial charge on any atom is -0.392 e. The summed E-state index contributed by atoms with van der Waals surface area (Å²) in [5.74, 6) is -0.577. The van der Waals surface area contributed by atoms with E-state index in [1.165, 1.54) is 0 Å². The van der Waals surface area contributed by atoms with E-state index < -0.39 is 17.1 Å². The van der Waals surface area contributed by atoms with Crippen molar-refractivity contribution in [1.29, 1.82) is 0 Å². The Morgan fingerprint density at radius 1 is 1.28 bits per heavy atom. The number of aliphatic hydroxyl groups is 1. The van der Waals surface area contributed by atoms with Crippen LogP contribution in [0.15, 0.2) is 24.3 Å². The molecule has 3 N–H and O–H groups in total. The van der Waals surface area contributed by atoms with E-state index in [1.54, 1.807) is 0 Å². The number of hydrogen-bond donors (Lipinski definition) is 3. The predicted molar refractivity (Wildman–Crippen MR) is 62.2 cm³/mol. The van der Waals surface area contributed by atoms with Crippen LogP contribution < -0.4 is 10.6 Å². The molecule has 2 aliphatic carbocycles. The second-order valence-corrected chi connectivity index (χ2v) is 5.63. The zero-order valence-electron chi connectivity index (χ0n) is 9.72. The fourth-order valence-electron chi connectivity index (χ4n) is 3.94. The first-order valence-corrected chi connectivity index (χ1v) is 6.29. The Morgan fingerprint density at radius 3 is 2.83 bits per heavy atom. The van der Waals surface area contributed by atoms with Gasteiger partial charge in [-0.3, -0.25) is 9.59 Å². The highest BCUT2D eigenvalue weighted by Crippen LogP contribution is 2.53. The average Bonchev–Trinajstić information content (AvgIpc) is 2.54. The quantitative estimate of drug-likeness (QED) is 0.491. The predicted octanol–water partition coefficient (Wildman–Crippen LogP) is -0.763. The highest BCUT2D eigenvalue weighted by atomic mass is 16.3. The fourth-order valence-corrected chi connectivity index (χ4v) is 3.94. The van der Waals surface area contributed by atoms with E-state index in [0.717, 1.165) is 0 Å². The summed E-state index contributed by atoms with van der Waals surface area (Å²) in [6.45, 7) is 0. The summed E-state index contributed by atoms with van der Waals surface area (Å²) in [6.07, 6.45) is 7.81. The second kappa shape index (κ2) is 2.85. The molecule has 1 saturated heterocycles. The van der Waals surface area contributed by atoms with Crippen LogP contribution in [0, 0.1) is 11.3 Å². The van der Waals surface area contributed by atoms with Crippen molar-refractivity contribution in [1.82, 2.24) is 10.6 Å². The van der Waals surface area contributed by atoms with Crippen molar-refractivity contribution in [3.8, 4) is 0 Å². The van der Waals surface area contributed by atoms with Crippen LogP contribution in [0.2, 0.25) is 0 Å². The van der Waals surface area contributed by atoms with Crippen molar-refractivity contribution in [3.63, 3.8) is 0 Å². The maximum atomic E-state index is 12.4. The van der Waals surface area contributed by atoms with Crippen LogP contribution in [-0.4, -0.2) is 34.6 Å². The van der Waals surface area contributed by atoms with E-state index in [4.69, 9.17) is 0 Å². The lowest BCUT2D eigenvalue weighted by Crippen LogP contribution is -2.72. The first-order valence-electron chi connectivity index (χ1n) is 6.29. The maximum absolute atomic E-state index is 12.4. The molecule has 4 bridgehead atoms. The third-order valence-electron chi connectivity index (χ3n) is 4.94. The second-order valence-electron chi connectivity index (χ2n) is 5.63. The van der Waals surface area contributed by atoms with Crippen molar-refractivity contribution >= 4 is 11.8 Å². The first kappa shape index (κ1) is 10.3. The molecule has 5 aliphatic heterocycles. The SMILES string of the molecule is O=C1N[C@@]23C=C[C@@H]1[C@@H]1C=C[C@]2(C(=O)N1)[C@@H](O)CC3. The van der Waals surface area contributed by atoms with Crippen molar-refractivity contribution in [2.75, 3.05) is 0 Å². The summed E-state index contributed by atoms with van der Waals surface area (Å²) in [6, 6.07) is -0.300. The topological polar surface area (TPSA) is 78.4 Å². The van der Waals surface area contributed by atoms with Gasteiger partial charge in [0.1, 0.15) is 5.41 Å². The summed E-state index contributed by atoms with van der Waals surface area (Å²) in [5.41, 5.74) is -1.80. The molecule has 2 amide bonds. The molecule has 7 aliphatic rings. The van der Waals surface area contributed by atoms with Gasteiger partial charge in [-0.2, -0.15) is 0 Å². The zero-order chi connectivity index (χ0) is 12.5. The molecule has 5 heteroatoms. The monoisotopic (exact) mass is 246 g/mol. The molecule has 7 rings (SSSR count). The Hall–Kier alpha value is -1.62. The van der Waals surface area contributed by atoms with Gasteiger partial charge in [0.15, 0.2) is 0 Å². The lowest BCUT2D eigenvalue weighted by molar-refractivity contribution is -0.143. The molecule has 5 nitrogen and oxygen atoms in total. The number of aliphatic hydroxyl groups excluding tert-OH is 1. The molecule has 1 saturated carbocycles. The lowest BCUT2D eigenvalue weighted by Gasteiger charge is -2.51. The van der Waals surface area contributed by atoms with Crippen LogP contribution in [0.3, 0.4) is 0 Å². The average molecular weight is 246 g/mol. The third-order valence-corrected chi connectivity index (χ3v) is 4.94. The molecule has 0 aromatic rings. The Kier molecular flexibility index (Phi) is 1.64. The molecule has 5 atom stereocenters. The van der Waals surface area contributed by atoms with Crippen LogP contribution >= 0.6 is 0 Å². The van der Waals surface area contributed by atoms with E-state index in [-0.39, 0.29) is 23.8 Å². The van der Waals surface area contributed by atoms with E-state index in [1.807, 2.05) is 24.3 Å². The van der Waals surface area contributed by atoms with Crippen LogP contribution in [0.1, 0.15) is 12.8 Å². The molecule has 0 radical (unpaired) electrons. The van der Waals surface area contributed by atoms with Gasteiger partial charge < -0.3 is 15.7 Å². The minimum absolute atomic E-state index is 0.0645. The fraction of sp³-hybridized carbons (Fsp3) is 0.538. The van der Waals surface area contributed by atoms with Crippen molar-refractivity contribution < 1.29 is 14.7 Å². The molecule has 0 aromatic carbocycles. The summed E-state index contributed by atoms with van der Waals surface area (Å²) >= 11 is 0. The summed E-state index contributed by atoms with van der Waals surface area (Å²) in [5, 5.41) is 16.1. The highest BCUT2D eigenvalue weighted by Gasteiger charge is 2.66. The van der Waals surface area contributed by atoms with Gasteiger partial charge in [0.05, 0.1) is 23.6 Å². The Morgan fingerprint density at radius 2 is 2.11 bits per heavy atom. The smallest absolute Gasteiger partial charge is 0.235 e. The van der Waals surface area contributed by atoms with Gasteiger partial charge in [0, 0.05) is 0 Å². The van der Waals surface area contributed by atoms with E-state index in [2.05, 4.69) is 10.6 Å². The number of amides is 2. The molecule has 2 fully saturated rings. The van der Waals surface area contributed by atoms with E-state index in [9.17, 15) is 14.7 Å². The summed E-state index contributed by atoms with van der Waals surface area (Å²) < 4.78 is 0. The molecule has 0 unspecified atom stereocenters. The van der Waals surface area contributed by atoms with Gasteiger partial charge in [0.2, 0.25) is 11.8 Å². The number of rotatable bonds is 0. The molecular formula is C13H14N2O3. The zero-order valence-corrected chi connectivity index (χ0v) is 9.72. The molecule has 5 heterocycles. The number of hydrogen-bond acceptors (Lipinski definition) is 3. The van der Waals surface area contributed by atoms with Gasteiger partial charge in [-0.05, 0) is 12.8 Å². The summed E-state index contributed by atoms with van der Waals surface area (Å²) in [4.78, 5) is 24.6. The molecule has 0 aromatic heterocycles. The largest absolute Gasteiger partial charge is 0.392 e. The standard InChI is InChI=1S/C13H14N2O3/c16-9-3-5-12-4-1-7(10(17)15-12)8-2-6-13(9,12)11(18)14-8/h1-2,4,6-9,16H,3,5H2,(H,14,18)(H,15,17)/t7-,8+,9+,12-,13-/m1/s1. The van der Waals surface area contributed by atoms with Crippen molar-refractivity contribution in [3.05, 3.63) is 24.3 Å². The number of carbonyl (C=O) groups is 2. The van der Waals surface area contributed by atoms with Crippen LogP contribution in [0.25, 0.3) is 0 Å². The van der Waals surface area contributed by atoms with Crippen molar-refractivity contribution in [2.24, 2.45) is 11.3 Å². The van der Waals surface area contributed by atoms with Gasteiger partial charge in [0.25, 0.3) is 0 Å². The summed E-state index contributed by atoms with van der Waals surface area (Å²) in [7, 11) is 0. The first-order chi connectivity index (χ1) is 8.59. The van der Waals surface area contributed by atoms with Crippen LogP contribution in [-0.2, 0) is 9.59 Å². The molecular weight excluding hydrogens is 232 g/mol. The van der Waals surface area contributed by atoms with Crippen molar-refractivity contribution in [2.45, 2.75) is 30.5 Å². The van der Waals surface area contributed by atoms with Crippen LogP contribution in [0.4, 0.5) is 0 Å². The third kappa shape index (κ3) is 0.871. The number of carbonyl (C=O) groups excluding carboxylic acids is 2. The van der Waals surface area contributed by atoms with Gasteiger partial charge >= 0.3 is 0 Å². The molecule has 18 heavy (non-hydrogen) atoms. The van der Waals surface area contributed by atoms with Gasteiger partial charge in [-0.15, -0.1) is 0 Å².